The van der Waals surface area contributed by atoms with Crippen molar-refractivity contribution in [2.24, 2.45) is 0 Å². The van der Waals surface area contributed by atoms with E-state index in [9.17, 15) is 9.18 Å². The molecule has 0 spiro atoms. The van der Waals surface area contributed by atoms with Crippen molar-refractivity contribution in [2.75, 3.05) is 6.54 Å². The molecule has 0 unspecified atom stereocenters. The van der Waals surface area contributed by atoms with Crippen molar-refractivity contribution in [1.29, 1.82) is 0 Å². The molecule has 29 heavy (non-hydrogen) atoms. The third-order valence-electron chi connectivity index (χ3n) is 4.57. The number of nitrogens with zero attached hydrogens (tertiary/aromatic N) is 2. The molecule has 0 bridgehead atoms. The summed E-state index contributed by atoms with van der Waals surface area (Å²) in [5.41, 5.74) is 3.34. The molecule has 1 amide bonds. The molecule has 0 aliphatic heterocycles. The van der Waals surface area contributed by atoms with Gasteiger partial charge in [0, 0.05) is 18.5 Å². The van der Waals surface area contributed by atoms with Crippen LogP contribution < -0.4 is 10.1 Å². The van der Waals surface area contributed by atoms with Crippen LogP contribution in [0.4, 0.5) is 4.39 Å². The number of aromatic nitrogens is 2. The number of halogens is 1. The maximum atomic E-state index is 14.3. The highest BCUT2D eigenvalue weighted by molar-refractivity contribution is 5.76. The number of carbonyl (C=O) groups excluding carboxylic acids is 1. The van der Waals surface area contributed by atoms with Crippen molar-refractivity contribution in [1.82, 2.24) is 15.1 Å². The van der Waals surface area contributed by atoms with Crippen LogP contribution in [0.25, 0.3) is 5.69 Å². The predicted molar refractivity (Wildman–Crippen MR) is 111 cm³/mol. The standard InChI is InChI=1S/C23H24FN3O2/c1-4-15-25-22(28)14-13-18-17(3)26-27(20-11-7-5-9-16(20)2)23(18)29-21-12-8-6-10-19(21)24/h4-12H,1,13-15H2,2-3H3,(H,25,28). The van der Waals surface area contributed by atoms with Gasteiger partial charge in [0.05, 0.1) is 11.4 Å². The van der Waals surface area contributed by atoms with E-state index in [1.54, 1.807) is 29.0 Å². The third kappa shape index (κ3) is 4.71. The minimum absolute atomic E-state index is 0.0928. The number of amides is 1. The van der Waals surface area contributed by atoms with Crippen LogP contribution >= 0.6 is 0 Å². The van der Waals surface area contributed by atoms with Gasteiger partial charge in [0.15, 0.2) is 11.6 Å². The van der Waals surface area contributed by atoms with Gasteiger partial charge >= 0.3 is 0 Å². The van der Waals surface area contributed by atoms with Crippen molar-refractivity contribution >= 4 is 5.91 Å². The number of rotatable bonds is 8. The van der Waals surface area contributed by atoms with E-state index in [2.05, 4.69) is 17.0 Å². The van der Waals surface area contributed by atoms with Gasteiger partial charge in [-0.2, -0.15) is 9.78 Å². The van der Waals surface area contributed by atoms with E-state index >= 15 is 0 Å². The molecule has 0 aliphatic rings. The maximum Gasteiger partial charge on any atom is 0.226 e. The number of ether oxygens (including phenoxy) is 1. The molecule has 0 fully saturated rings. The second-order valence-corrected chi connectivity index (χ2v) is 6.69. The fraction of sp³-hybridized carbons (Fsp3) is 0.217. The second kappa shape index (κ2) is 9.19. The van der Waals surface area contributed by atoms with E-state index in [1.165, 1.54) is 6.07 Å². The summed E-state index contributed by atoms with van der Waals surface area (Å²) in [5, 5.41) is 7.39. The van der Waals surface area contributed by atoms with Gasteiger partial charge < -0.3 is 10.1 Å². The minimum Gasteiger partial charge on any atom is -0.436 e. The Hall–Kier alpha value is -3.41. The lowest BCUT2D eigenvalue weighted by Crippen LogP contribution is -2.23. The summed E-state index contributed by atoms with van der Waals surface area (Å²) in [7, 11) is 0. The molecule has 150 valence electrons. The first-order valence-corrected chi connectivity index (χ1v) is 9.45. The summed E-state index contributed by atoms with van der Waals surface area (Å²) in [5.74, 6) is -0.0276. The van der Waals surface area contributed by atoms with E-state index in [0.29, 0.717) is 18.8 Å². The first kappa shape index (κ1) is 20.3. The van der Waals surface area contributed by atoms with Crippen LogP contribution in [0.5, 0.6) is 11.6 Å². The first-order valence-electron chi connectivity index (χ1n) is 9.45. The first-order chi connectivity index (χ1) is 14.0. The van der Waals surface area contributed by atoms with Crippen molar-refractivity contribution in [3.8, 4) is 17.3 Å². The molecule has 0 aliphatic carbocycles. The van der Waals surface area contributed by atoms with Gasteiger partial charge in [0.2, 0.25) is 11.8 Å². The number of benzene rings is 2. The van der Waals surface area contributed by atoms with Crippen molar-refractivity contribution in [3.63, 3.8) is 0 Å². The Morgan fingerprint density at radius 2 is 1.93 bits per heavy atom. The largest absolute Gasteiger partial charge is 0.436 e. The molecule has 0 atom stereocenters. The number of carbonyl (C=O) groups is 1. The van der Waals surface area contributed by atoms with Gasteiger partial charge in [-0.1, -0.05) is 36.4 Å². The topological polar surface area (TPSA) is 56.2 Å². The summed E-state index contributed by atoms with van der Waals surface area (Å²) in [6.45, 7) is 7.85. The molecule has 5 nitrogen and oxygen atoms in total. The quantitative estimate of drug-likeness (QED) is 0.567. The lowest BCUT2D eigenvalue weighted by atomic mass is 10.1. The van der Waals surface area contributed by atoms with Gasteiger partial charge in [-0.25, -0.2) is 4.39 Å². The Balaban J connectivity index is 2.01. The smallest absolute Gasteiger partial charge is 0.226 e. The second-order valence-electron chi connectivity index (χ2n) is 6.69. The number of hydrogen-bond acceptors (Lipinski definition) is 3. The number of aryl methyl sites for hydroxylation is 2. The number of hydrogen-bond donors (Lipinski definition) is 1. The Labute approximate surface area is 169 Å². The molecular weight excluding hydrogens is 369 g/mol. The molecule has 2 aromatic carbocycles. The Kier molecular flexibility index (Phi) is 6.44. The Bertz CT molecular complexity index is 1030. The van der Waals surface area contributed by atoms with E-state index in [4.69, 9.17) is 4.74 Å². The van der Waals surface area contributed by atoms with Crippen LogP contribution in [0, 0.1) is 19.7 Å². The van der Waals surface area contributed by atoms with Gasteiger partial charge in [-0.3, -0.25) is 4.79 Å². The molecule has 1 aromatic heterocycles. The van der Waals surface area contributed by atoms with Crippen molar-refractivity contribution < 1.29 is 13.9 Å². The van der Waals surface area contributed by atoms with Gasteiger partial charge in [-0.15, -0.1) is 6.58 Å². The lowest BCUT2D eigenvalue weighted by molar-refractivity contribution is -0.120. The SMILES string of the molecule is C=CCNC(=O)CCc1c(C)nn(-c2ccccc2C)c1Oc1ccccc1F. The Morgan fingerprint density at radius 3 is 2.66 bits per heavy atom. The zero-order valence-electron chi connectivity index (χ0n) is 16.6. The van der Waals surface area contributed by atoms with Crippen LogP contribution in [0.3, 0.4) is 0 Å². The fourth-order valence-corrected chi connectivity index (χ4v) is 3.04. The van der Waals surface area contributed by atoms with Gasteiger partial charge in [-0.05, 0) is 44.0 Å². The molecule has 1 N–H and O–H groups in total. The zero-order chi connectivity index (χ0) is 20.8. The minimum atomic E-state index is -0.461. The molecule has 3 aromatic rings. The van der Waals surface area contributed by atoms with Crippen LogP contribution in [-0.4, -0.2) is 22.2 Å². The number of para-hydroxylation sites is 2. The maximum absolute atomic E-state index is 14.3. The van der Waals surface area contributed by atoms with Crippen LogP contribution in [0.15, 0.2) is 61.2 Å². The highest BCUT2D eigenvalue weighted by atomic mass is 19.1. The third-order valence-corrected chi connectivity index (χ3v) is 4.57. The highest BCUT2D eigenvalue weighted by Gasteiger charge is 2.21. The lowest BCUT2D eigenvalue weighted by Gasteiger charge is -2.13. The van der Waals surface area contributed by atoms with Crippen molar-refractivity contribution in [3.05, 3.63) is 83.8 Å². The van der Waals surface area contributed by atoms with Gasteiger partial charge in [0.1, 0.15) is 0 Å². The average Bonchev–Trinajstić information content (AvgIpc) is 3.02. The molecule has 0 radical (unpaired) electrons. The molecule has 0 saturated heterocycles. The summed E-state index contributed by atoms with van der Waals surface area (Å²) < 4.78 is 21.9. The number of nitrogens with one attached hydrogen (secondary N) is 1. The molecule has 6 heteroatoms. The normalized spacial score (nSPS) is 10.6. The zero-order valence-corrected chi connectivity index (χ0v) is 16.6. The van der Waals surface area contributed by atoms with Crippen molar-refractivity contribution in [2.45, 2.75) is 26.7 Å². The van der Waals surface area contributed by atoms with Gasteiger partial charge in [0.25, 0.3) is 0 Å². The predicted octanol–water partition coefficient (Wildman–Crippen LogP) is 4.66. The van der Waals surface area contributed by atoms with E-state index < -0.39 is 5.82 Å². The highest BCUT2D eigenvalue weighted by Crippen LogP contribution is 2.33. The summed E-state index contributed by atoms with van der Waals surface area (Å²) >= 11 is 0. The fourth-order valence-electron chi connectivity index (χ4n) is 3.04. The average molecular weight is 393 g/mol. The van der Waals surface area contributed by atoms with E-state index in [1.807, 2.05) is 38.1 Å². The monoisotopic (exact) mass is 393 g/mol. The molecule has 3 rings (SSSR count). The van der Waals surface area contributed by atoms with E-state index in [-0.39, 0.29) is 18.1 Å². The van der Waals surface area contributed by atoms with Crippen LogP contribution in [0.2, 0.25) is 0 Å². The molecule has 1 heterocycles. The summed E-state index contributed by atoms with van der Waals surface area (Å²) in [6, 6.07) is 14.0. The van der Waals surface area contributed by atoms with Crippen LogP contribution in [0.1, 0.15) is 23.2 Å². The summed E-state index contributed by atoms with van der Waals surface area (Å²) in [4.78, 5) is 12.1. The van der Waals surface area contributed by atoms with E-state index in [0.717, 1.165) is 22.5 Å². The molecule has 0 saturated carbocycles. The molecular formula is C23H24FN3O2. The Morgan fingerprint density at radius 1 is 1.21 bits per heavy atom. The summed E-state index contributed by atoms with van der Waals surface area (Å²) in [6.07, 6.45) is 2.32. The van der Waals surface area contributed by atoms with Crippen LogP contribution in [-0.2, 0) is 11.2 Å².